The van der Waals surface area contributed by atoms with Crippen molar-refractivity contribution in [2.75, 3.05) is 32.8 Å². The Morgan fingerprint density at radius 2 is 1.90 bits per heavy atom. The largest absolute Gasteiger partial charge is 0.381 e. The van der Waals surface area contributed by atoms with E-state index in [9.17, 15) is 4.39 Å². The molecule has 1 aliphatic carbocycles. The number of likely N-dealkylation sites (tertiary alicyclic amines) is 1. The van der Waals surface area contributed by atoms with Gasteiger partial charge in [0.1, 0.15) is 5.82 Å². The molecule has 0 unspecified atom stereocenters. The van der Waals surface area contributed by atoms with Crippen molar-refractivity contribution < 1.29 is 9.13 Å². The molecule has 0 radical (unpaired) electrons. The summed E-state index contributed by atoms with van der Waals surface area (Å²) in [4.78, 5) is 2.69. The molecule has 31 heavy (non-hydrogen) atoms. The zero-order chi connectivity index (χ0) is 21.3. The summed E-state index contributed by atoms with van der Waals surface area (Å²) in [6.07, 6.45) is 8.69. The molecular weight excluding hydrogens is 413 g/mol. The Kier molecular flexibility index (Phi) is 6.27. The van der Waals surface area contributed by atoms with Crippen LogP contribution in [0, 0.1) is 23.1 Å². The van der Waals surface area contributed by atoms with E-state index in [-0.39, 0.29) is 5.82 Å². The molecule has 4 nitrogen and oxygen atoms in total. The highest BCUT2D eigenvalue weighted by Gasteiger charge is 2.53. The summed E-state index contributed by atoms with van der Waals surface area (Å²) in [5, 5.41) is 9.18. The van der Waals surface area contributed by atoms with Crippen LogP contribution in [0.4, 0.5) is 4.39 Å². The fourth-order valence-electron chi connectivity index (χ4n) is 5.58. The van der Waals surface area contributed by atoms with Crippen LogP contribution in [0.25, 0.3) is 11.3 Å². The number of hydrogen-bond acceptors (Lipinski definition) is 4. The van der Waals surface area contributed by atoms with Crippen LogP contribution in [0.1, 0.15) is 44.2 Å². The number of halogens is 2. The van der Waals surface area contributed by atoms with E-state index in [0.717, 1.165) is 37.2 Å². The normalized spacial score (nSPS) is 23.9. The average molecular weight is 444 g/mol. The molecule has 2 aliphatic heterocycles. The number of ether oxygens (including phenoxy) is 1. The lowest BCUT2D eigenvalue weighted by Gasteiger charge is -2.36. The molecule has 2 saturated heterocycles. The molecule has 3 fully saturated rings. The Morgan fingerprint density at radius 1 is 1.10 bits per heavy atom. The minimum Gasteiger partial charge on any atom is -0.381 e. The molecule has 0 N–H and O–H groups in total. The molecule has 2 aromatic rings. The van der Waals surface area contributed by atoms with Gasteiger partial charge in [0.05, 0.1) is 16.4 Å². The summed E-state index contributed by atoms with van der Waals surface area (Å²) in [6.45, 7) is 5.68. The van der Waals surface area contributed by atoms with Gasteiger partial charge < -0.3 is 9.64 Å². The van der Waals surface area contributed by atoms with Gasteiger partial charge in [0.15, 0.2) is 0 Å². The van der Waals surface area contributed by atoms with Gasteiger partial charge in [0.2, 0.25) is 0 Å². The predicted molar refractivity (Wildman–Crippen MR) is 121 cm³/mol. The molecule has 0 amide bonds. The Labute approximate surface area is 189 Å². The minimum atomic E-state index is -0.317. The van der Waals surface area contributed by atoms with Gasteiger partial charge in [-0.2, -0.15) is 10.2 Å². The first-order valence-corrected chi connectivity index (χ1v) is 12.1. The molecule has 1 spiro atoms. The second kappa shape index (κ2) is 9.13. The molecule has 3 heterocycles. The summed E-state index contributed by atoms with van der Waals surface area (Å²) < 4.78 is 19.0. The van der Waals surface area contributed by atoms with Crippen molar-refractivity contribution in [3.8, 4) is 11.3 Å². The fourth-order valence-corrected chi connectivity index (χ4v) is 5.79. The summed E-state index contributed by atoms with van der Waals surface area (Å²) in [7, 11) is 0. The predicted octanol–water partition coefficient (Wildman–Crippen LogP) is 5.40. The topological polar surface area (TPSA) is 38.2 Å². The number of aryl methyl sites for hydroxylation is 1. The first kappa shape index (κ1) is 21.3. The molecule has 1 atom stereocenters. The highest BCUT2D eigenvalue weighted by atomic mass is 35.5. The Balaban J connectivity index is 1.09. The maximum Gasteiger partial charge on any atom is 0.123 e. The van der Waals surface area contributed by atoms with Gasteiger partial charge in [0, 0.05) is 25.3 Å². The average Bonchev–Trinajstić information content (AvgIpc) is 3.48. The fraction of sp³-hybridized carbons (Fsp3) is 0.600. The Hall–Kier alpha value is -1.56. The van der Waals surface area contributed by atoms with Crippen molar-refractivity contribution >= 4 is 11.6 Å². The standard InChI is InChI=1S/C25H31ClFN3O/c26-23-5-2-20(27)15-22(23)24-6-4-21(28-29-24)3-1-19-16-25(19)9-11-30(12-10-25)17-18-7-13-31-14-8-18/h2,4-6,15,18-19H,1,3,7-14,16-17H2/t19-/m1/s1. The van der Waals surface area contributed by atoms with Crippen LogP contribution in [0.3, 0.4) is 0 Å². The first-order valence-electron chi connectivity index (χ1n) is 11.7. The lowest BCUT2D eigenvalue weighted by Crippen LogP contribution is -2.39. The zero-order valence-corrected chi connectivity index (χ0v) is 18.8. The van der Waals surface area contributed by atoms with Gasteiger partial charge >= 0.3 is 0 Å². The molecule has 3 aliphatic rings. The highest BCUT2D eigenvalue weighted by Crippen LogP contribution is 2.61. The van der Waals surface area contributed by atoms with E-state index >= 15 is 0 Å². The van der Waals surface area contributed by atoms with Gasteiger partial charge in [-0.15, -0.1) is 0 Å². The molecule has 6 heteroatoms. The van der Waals surface area contributed by atoms with Crippen LogP contribution in [-0.2, 0) is 11.2 Å². The van der Waals surface area contributed by atoms with Crippen molar-refractivity contribution in [2.24, 2.45) is 17.3 Å². The van der Waals surface area contributed by atoms with Gasteiger partial charge in [-0.1, -0.05) is 11.6 Å². The number of nitrogens with zero attached hydrogens (tertiary/aromatic N) is 3. The summed E-state index contributed by atoms with van der Waals surface area (Å²) in [5.41, 5.74) is 2.81. The van der Waals surface area contributed by atoms with Crippen molar-refractivity contribution in [2.45, 2.75) is 44.9 Å². The van der Waals surface area contributed by atoms with E-state index < -0.39 is 0 Å². The SMILES string of the molecule is Fc1ccc(Cl)c(-c2ccc(CC[C@@H]3CC34CCN(CC3CCOCC3)CC4)nn2)c1. The molecular formula is C25H31ClFN3O. The third-order valence-electron chi connectivity index (χ3n) is 7.74. The number of rotatable bonds is 6. The van der Waals surface area contributed by atoms with E-state index in [1.165, 1.54) is 70.3 Å². The molecule has 166 valence electrons. The van der Waals surface area contributed by atoms with Crippen LogP contribution in [-0.4, -0.2) is 47.9 Å². The van der Waals surface area contributed by atoms with E-state index in [0.29, 0.717) is 21.7 Å². The van der Waals surface area contributed by atoms with Gasteiger partial charge in [-0.05, 0) is 106 Å². The van der Waals surface area contributed by atoms with E-state index in [4.69, 9.17) is 16.3 Å². The molecule has 1 saturated carbocycles. The number of piperidine rings is 1. The van der Waals surface area contributed by atoms with E-state index in [2.05, 4.69) is 15.1 Å². The van der Waals surface area contributed by atoms with Crippen molar-refractivity contribution in [3.05, 3.63) is 46.9 Å². The van der Waals surface area contributed by atoms with Gasteiger partial charge in [-0.3, -0.25) is 0 Å². The minimum absolute atomic E-state index is 0.317. The number of benzene rings is 1. The molecule has 5 rings (SSSR count). The van der Waals surface area contributed by atoms with E-state index in [1.807, 2.05) is 12.1 Å². The van der Waals surface area contributed by atoms with Crippen molar-refractivity contribution in [3.63, 3.8) is 0 Å². The Bertz CT molecular complexity index is 892. The van der Waals surface area contributed by atoms with Crippen LogP contribution in [0.2, 0.25) is 5.02 Å². The second-order valence-corrected chi connectivity index (χ2v) is 10.1. The third-order valence-corrected chi connectivity index (χ3v) is 8.07. The van der Waals surface area contributed by atoms with Crippen LogP contribution in [0.15, 0.2) is 30.3 Å². The van der Waals surface area contributed by atoms with Crippen LogP contribution >= 0.6 is 11.6 Å². The quantitative estimate of drug-likeness (QED) is 0.599. The summed E-state index contributed by atoms with van der Waals surface area (Å²) in [6, 6.07) is 8.24. The number of aromatic nitrogens is 2. The maximum absolute atomic E-state index is 13.5. The summed E-state index contributed by atoms with van der Waals surface area (Å²) in [5.74, 6) is 1.35. The first-order chi connectivity index (χ1) is 15.1. The third kappa shape index (κ3) is 4.94. The van der Waals surface area contributed by atoms with Gasteiger partial charge in [0.25, 0.3) is 0 Å². The monoisotopic (exact) mass is 443 g/mol. The van der Waals surface area contributed by atoms with Gasteiger partial charge in [-0.25, -0.2) is 4.39 Å². The lowest BCUT2D eigenvalue weighted by atomic mass is 9.88. The zero-order valence-electron chi connectivity index (χ0n) is 18.0. The van der Waals surface area contributed by atoms with Crippen LogP contribution in [0.5, 0.6) is 0 Å². The molecule has 1 aromatic carbocycles. The second-order valence-electron chi connectivity index (χ2n) is 9.69. The maximum atomic E-state index is 13.5. The van der Waals surface area contributed by atoms with Crippen molar-refractivity contribution in [1.29, 1.82) is 0 Å². The summed E-state index contributed by atoms with van der Waals surface area (Å²) >= 11 is 6.19. The number of hydrogen-bond donors (Lipinski definition) is 0. The molecule has 1 aromatic heterocycles. The van der Waals surface area contributed by atoms with Crippen molar-refractivity contribution in [1.82, 2.24) is 15.1 Å². The van der Waals surface area contributed by atoms with Crippen LogP contribution < -0.4 is 0 Å². The van der Waals surface area contributed by atoms with E-state index in [1.54, 1.807) is 6.07 Å². The Morgan fingerprint density at radius 3 is 2.65 bits per heavy atom. The highest BCUT2D eigenvalue weighted by molar-refractivity contribution is 6.33. The smallest absolute Gasteiger partial charge is 0.123 e. The lowest BCUT2D eigenvalue weighted by molar-refractivity contribution is 0.0447. The molecule has 0 bridgehead atoms.